The number of hydrogen-bond donors (Lipinski definition) is 0. The van der Waals surface area contributed by atoms with Crippen molar-refractivity contribution < 1.29 is 26.9 Å². The first-order valence-electron chi connectivity index (χ1n) is 13.7. The van der Waals surface area contributed by atoms with Crippen LogP contribution in [0.25, 0.3) is 26.6 Å². The molecule has 7 nitrogen and oxygen atoms in total. The molecule has 7 unspecified atom stereocenters. The van der Waals surface area contributed by atoms with Crippen LogP contribution in [0, 0.1) is 11.8 Å². The van der Waals surface area contributed by atoms with E-state index in [9.17, 15) is 9.59 Å². The third-order valence-electron chi connectivity index (χ3n) is 8.31. The average Bonchev–Trinajstić information content (AvgIpc) is 2.98. The van der Waals surface area contributed by atoms with Crippen molar-refractivity contribution in [3.05, 3.63) is 50.5 Å². The van der Waals surface area contributed by atoms with Gasteiger partial charge >= 0.3 is 27.0 Å². The van der Waals surface area contributed by atoms with Gasteiger partial charge in [0.05, 0.1) is 0 Å². The van der Waals surface area contributed by atoms with Crippen LogP contribution in [0.2, 0.25) is 0 Å². The number of halogens is 1. The fraction of sp³-hybridized carbons (Fsp3) is 0.778. The molecule has 5 fully saturated rings. The molecule has 1 saturated carbocycles. The van der Waals surface area contributed by atoms with Crippen molar-refractivity contribution in [2.45, 2.75) is 94.4 Å². The molecular weight excluding hydrogens is 563 g/mol. The fourth-order valence-electron chi connectivity index (χ4n) is 6.53. The molecule has 0 aromatic heterocycles. The molecule has 1 aliphatic carbocycles. The van der Waals surface area contributed by atoms with E-state index in [2.05, 4.69) is 43.9 Å². The van der Waals surface area contributed by atoms with Crippen LogP contribution in [-0.2, 0) is 26.9 Å². The molecule has 7 atom stereocenters. The van der Waals surface area contributed by atoms with Crippen LogP contribution in [0.1, 0.15) is 64.2 Å². The average molecular weight is 601 g/mol. The SMILES string of the molecule is C1=CC[N-]C(C2CCCC(C3CCCC[N-]3)[N-]2)=C1.O=C1C(=O)C2CCC[N-]C2C2[N-]CCCC12.[Cl][Ru+]. The molecule has 36 heavy (non-hydrogen) atoms. The van der Waals surface area contributed by atoms with Gasteiger partial charge in [-0.1, -0.05) is 63.5 Å². The van der Waals surface area contributed by atoms with E-state index in [1.54, 1.807) is 0 Å². The van der Waals surface area contributed by atoms with Crippen molar-refractivity contribution in [3.63, 3.8) is 0 Å². The number of ketones is 2. The van der Waals surface area contributed by atoms with Crippen molar-refractivity contribution in [1.29, 1.82) is 0 Å². The molecule has 0 aromatic carbocycles. The van der Waals surface area contributed by atoms with Gasteiger partial charge in [0.15, 0.2) is 11.6 Å². The molecule has 0 radical (unpaired) electrons. The van der Waals surface area contributed by atoms with Gasteiger partial charge in [0.2, 0.25) is 0 Å². The van der Waals surface area contributed by atoms with E-state index in [1.165, 1.54) is 44.2 Å². The molecule has 0 amide bonds. The zero-order chi connectivity index (χ0) is 25.3. The standard InChI is InChI=1S/C15H22N3.C12H16N2O2.ClH.Ru/c1-3-10-16-12(6-1)14-8-5-9-15(18-14)13-7-2-4-11-17-13;15-11-7-3-1-5-13-9(7)10-8(12(11)16)4-2-6-14-10;;/h1,3,6,13-15H,2,4-5,7-11H2;7-10H,1-6H2;1H;/q-3;-2;;+2/p-1. The summed E-state index contributed by atoms with van der Waals surface area (Å²) in [4.78, 5) is 23.9. The summed E-state index contributed by atoms with van der Waals surface area (Å²) >= 11 is 1.82. The molecule has 9 heteroatoms. The van der Waals surface area contributed by atoms with Gasteiger partial charge in [-0.15, -0.1) is 50.4 Å². The number of carbonyl (C=O) groups is 2. The van der Waals surface area contributed by atoms with Crippen LogP contribution in [0.3, 0.4) is 0 Å². The van der Waals surface area contributed by atoms with E-state index < -0.39 is 0 Å². The van der Waals surface area contributed by atoms with Gasteiger partial charge in [-0.25, -0.2) is 0 Å². The summed E-state index contributed by atoms with van der Waals surface area (Å²) in [6.45, 7) is 3.55. The number of rotatable bonds is 2. The van der Waals surface area contributed by atoms with Gasteiger partial charge in [-0.2, -0.15) is 17.8 Å². The monoisotopic (exact) mass is 601 g/mol. The van der Waals surface area contributed by atoms with Gasteiger partial charge in [0, 0.05) is 11.8 Å². The number of nitrogens with zero attached hydrogens (tertiary/aromatic N) is 5. The van der Waals surface area contributed by atoms with Crippen LogP contribution >= 0.6 is 9.69 Å². The summed E-state index contributed by atoms with van der Waals surface area (Å²) in [6.07, 6.45) is 17.4. The Kier molecular flexibility index (Phi) is 11.4. The van der Waals surface area contributed by atoms with Crippen LogP contribution < -0.4 is 0 Å². The van der Waals surface area contributed by atoms with E-state index in [4.69, 9.17) is 10.6 Å². The Labute approximate surface area is 230 Å². The molecule has 4 saturated heterocycles. The van der Waals surface area contributed by atoms with E-state index >= 15 is 0 Å². The van der Waals surface area contributed by atoms with E-state index in [0.717, 1.165) is 51.9 Å². The second kappa shape index (κ2) is 14.5. The zero-order valence-electron chi connectivity index (χ0n) is 21.0. The summed E-state index contributed by atoms with van der Waals surface area (Å²) in [5.41, 5.74) is 1.19. The van der Waals surface area contributed by atoms with Crippen molar-refractivity contribution >= 4 is 21.3 Å². The van der Waals surface area contributed by atoms with Crippen molar-refractivity contribution in [2.75, 3.05) is 26.2 Å². The molecule has 5 heterocycles. The summed E-state index contributed by atoms with van der Waals surface area (Å²) < 4.78 is 0. The van der Waals surface area contributed by atoms with Crippen LogP contribution in [-0.4, -0.2) is 68.0 Å². The van der Waals surface area contributed by atoms with Crippen molar-refractivity contribution in [2.24, 2.45) is 11.8 Å². The minimum absolute atomic E-state index is 0.0178. The summed E-state index contributed by atoms with van der Waals surface area (Å²) in [5.74, 6) is -0.618. The van der Waals surface area contributed by atoms with Gasteiger partial charge in [0.25, 0.3) is 0 Å². The number of allylic oxidation sites excluding steroid dienone is 2. The topological polar surface area (TPSA) is 105 Å². The van der Waals surface area contributed by atoms with Gasteiger partial charge in [-0.05, 0) is 12.8 Å². The first-order chi connectivity index (χ1) is 17.7. The quantitative estimate of drug-likeness (QED) is 0.279. The Hall–Kier alpha value is -0.627. The minimum atomic E-state index is -0.160. The molecule has 6 rings (SSSR count). The maximum absolute atomic E-state index is 12.0. The zero-order valence-corrected chi connectivity index (χ0v) is 23.5. The van der Waals surface area contributed by atoms with Gasteiger partial charge in [-0.3, -0.25) is 9.59 Å². The molecule has 202 valence electrons. The van der Waals surface area contributed by atoms with Gasteiger partial charge < -0.3 is 26.6 Å². The first kappa shape index (κ1) is 28.4. The second-order valence-corrected chi connectivity index (χ2v) is 10.5. The fourth-order valence-corrected chi connectivity index (χ4v) is 6.53. The molecule has 5 aliphatic heterocycles. The Morgan fingerprint density at radius 3 is 1.94 bits per heavy atom. The number of hydrogen-bond acceptors (Lipinski definition) is 2. The van der Waals surface area contributed by atoms with Crippen LogP contribution in [0.15, 0.2) is 23.9 Å². The predicted molar refractivity (Wildman–Crippen MR) is 141 cm³/mol. The molecular formula is C27H38ClN5O2Ru-4. The second-order valence-electron chi connectivity index (χ2n) is 10.5. The molecule has 0 bridgehead atoms. The number of carbonyl (C=O) groups excluding carboxylic acids is 2. The Balaban J connectivity index is 0.000000159. The Morgan fingerprint density at radius 1 is 0.722 bits per heavy atom. The summed E-state index contributed by atoms with van der Waals surface area (Å²) in [6, 6.07) is 1.34. The Morgan fingerprint density at radius 2 is 1.36 bits per heavy atom. The third-order valence-corrected chi connectivity index (χ3v) is 8.31. The molecule has 6 aliphatic rings. The number of Topliss-reactive ketones (excluding diaryl/α,β-unsaturated/α-hetero) is 2. The first-order valence-corrected chi connectivity index (χ1v) is 15.9. The molecule has 0 spiro atoms. The number of piperidine rings is 4. The summed E-state index contributed by atoms with van der Waals surface area (Å²) in [7, 11) is 4.57. The van der Waals surface area contributed by atoms with E-state index in [1.807, 2.05) is 17.3 Å². The number of fused-ring (bicyclic) bond motifs is 3. The molecule has 0 aromatic rings. The van der Waals surface area contributed by atoms with Crippen molar-refractivity contribution in [1.82, 2.24) is 0 Å². The predicted octanol–water partition coefficient (Wildman–Crippen LogP) is 6.16. The van der Waals surface area contributed by atoms with Crippen molar-refractivity contribution in [3.8, 4) is 0 Å². The third kappa shape index (κ3) is 6.87. The van der Waals surface area contributed by atoms with Crippen LogP contribution in [0.4, 0.5) is 0 Å². The molecule has 0 N–H and O–H groups in total. The van der Waals surface area contributed by atoms with E-state index in [-0.39, 0.29) is 35.5 Å². The van der Waals surface area contributed by atoms with Gasteiger partial charge in [0.1, 0.15) is 0 Å². The maximum atomic E-state index is 12.0. The normalized spacial score (nSPS) is 38.1. The summed E-state index contributed by atoms with van der Waals surface area (Å²) in [5, 5.41) is 23.5. The van der Waals surface area contributed by atoms with Crippen LogP contribution in [0.5, 0.6) is 0 Å². The van der Waals surface area contributed by atoms with E-state index in [0.29, 0.717) is 18.1 Å². The Bertz CT molecular complexity index is 771.